The molecule has 1 heteroatoms. The molecule has 1 nitrogen and oxygen atoms in total. The summed E-state index contributed by atoms with van der Waals surface area (Å²) in [6.45, 7) is 2.17. The topological polar surface area (TPSA) is 9.23 Å². The van der Waals surface area contributed by atoms with Gasteiger partial charge in [0.25, 0.3) is 0 Å². The second-order valence-electron chi connectivity index (χ2n) is 3.67. The van der Waals surface area contributed by atoms with Gasteiger partial charge in [-0.25, -0.2) is 0 Å². The number of hydrogen-bond donors (Lipinski definition) is 0. The van der Waals surface area contributed by atoms with Crippen molar-refractivity contribution in [1.82, 2.24) is 0 Å². The molecule has 81 valence electrons. The van der Waals surface area contributed by atoms with Crippen LogP contribution in [0, 0.1) is 6.07 Å². The van der Waals surface area contributed by atoms with Crippen LogP contribution in [0.4, 0.5) is 0 Å². The minimum Gasteiger partial charge on any atom is -0.497 e. The molecule has 2 rings (SSSR count). The zero-order valence-electron chi connectivity index (χ0n) is 9.66. The fourth-order valence-corrected chi connectivity index (χ4v) is 1.81. The van der Waals surface area contributed by atoms with E-state index in [1.54, 1.807) is 7.11 Å². The Morgan fingerprint density at radius 1 is 1.12 bits per heavy atom. The van der Waals surface area contributed by atoms with Gasteiger partial charge in [-0.15, -0.1) is 0 Å². The fraction of sp³-hybridized carbons (Fsp3) is 0.200. The molecule has 0 unspecified atom stereocenters. The Hall–Kier alpha value is -1.76. The van der Waals surface area contributed by atoms with Gasteiger partial charge in [0.2, 0.25) is 0 Å². The summed E-state index contributed by atoms with van der Waals surface area (Å²) in [5.41, 5.74) is 3.83. The van der Waals surface area contributed by atoms with Crippen LogP contribution >= 0.6 is 0 Å². The summed E-state index contributed by atoms with van der Waals surface area (Å²) in [5.74, 6) is 0.890. The summed E-state index contributed by atoms with van der Waals surface area (Å²) < 4.78 is 5.15. The molecule has 0 N–H and O–H groups in total. The molecule has 0 aliphatic rings. The maximum absolute atomic E-state index is 5.15. The lowest BCUT2D eigenvalue weighted by atomic mass is 9.98. The molecule has 0 spiro atoms. The summed E-state index contributed by atoms with van der Waals surface area (Å²) in [6.07, 6.45) is 1.04. The normalized spacial score (nSPS) is 10.1. The maximum Gasteiger partial charge on any atom is 0.118 e. The van der Waals surface area contributed by atoms with Crippen LogP contribution in [-0.2, 0) is 6.42 Å². The minimum absolute atomic E-state index is 0.890. The molecule has 0 amide bonds. The molecule has 0 fully saturated rings. The maximum atomic E-state index is 5.15. The van der Waals surface area contributed by atoms with Crippen molar-refractivity contribution in [3.63, 3.8) is 0 Å². The zero-order valence-corrected chi connectivity index (χ0v) is 9.66. The minimum atomic E-state index is 0.890. The first-order valence-electron chi connectivity index (χ1n) is 5.48. The molecule has 0 atom stereocenters. The Kier molecular flexibility index (Phi) is 3.25. The van der Waals surface area contributed by atoms with Crippen molar-refractivity contribution in [2.45, 2.75) is 13.3 Å². The van der Waals surface area contributed by atoms with Gasteiger partial charge in [0.1, 0.15) is 5.75 Å². The molecule has 0 bridgehead atoms. The first kappa shape index (κ1) is 10.7. The highest BCUT2D eigenvalue weighted by Gasteiger charge is 2.02. The van der Waals surface area contributed by atoms with Crippen LogP contribution in [-0.4, -0.2) is 7.11 Å². The number of methoxy groups -OCH3 is 1. The van der Waals surface area contributed by atoms with E-state index in [4.69, 9.17) is 4.74 Å². The lowest BCUT2D eigenvalue weighted by molar-refractivity contribution is 0.415. The van der Waals surface area contributed by atoms with Gasteiger partial charge in [-0.1, -0.05) is 31.2 Å². The van der Waals surface area contributed by atoms with Gasteiger partial charge in [0, 0.05) is 0 Å². The molecular formula is C15H15O. The average molecular weight is 211 g/mol. The van der Waals surface area contributed by atoms with E-state index in [9.17, 15) is 0 Å². The number of hydrogen-bond acceptors (Lipinski definition) is 1. The Morgan fingerprint density at radius 3 is 2.50 bits per heavy atom. The summed E-state index contributed by atoms with van der Waals surface area (Å²) in [4.78, 5) is 0. The molecule has 2 aromatic carbocycles. The molecule has 0 aliphatic carbocycles. The number of ether oxygens (including phenoxy) is 1. The molecule has 0 saturated carbocycles. The Labute approximate surface area is 96.7 Å². The van der Waals surface area contributed by atoms with Gasteiger partial charge in [0.05, 0.1) is 7.11 Å². The van der Waals surface area contributed by atoms with Crippen molar-refractivity contribution in [2.24, 2.45) is 0 Å². The van der Waals surface area contributed by atoms with Gasteiger partial charge in [0.15, 0.2) is 0 Å². The molecule has 1 radical (unpaired) electrons. The van der Waals surface area contributed by atoms with Crippen molar-refractivity contribution in [1.29, 1.82) is 0 Å². The third kappa shape index (κ3) is 2.08. The molecule has 2 aromatic rings. The number of aryl methyl sites for hydroxylation is 1. The van der Waals surface area contributed by atoms with E-state index in [0.29, 0.717) is 0 Å². The second kappa shape index (κ2) is 4.84. The Balaban J connectivity index is 2.42. The van der Waals surface area contributed by atoms with Crippen molar-refractivity contribution >= 4 is 0 Å². The van der Waals surface area contributed by atoms with Crippen LogP contribution in [0.3, 0.4) is 0 Å². The van der Waals surface area contributed by atoms with E-state index < -0.39 is 0 Å². The van der Waals surface area contributed by atoms with Crippen LogP contribution in [0.25, 0.3) is 11.1 Å². The van der Waals surface area contributed by atoms with Crippen molar-refractivity contribution in [3.05, 3.63) is 54.1 Å². The van der Waals surface area contributed by atoms with Crippen molar-refractivity contribution < 1.29 is 4.74 Å². The predicted molar refractivity (Wildman–Crippen MR) is 66.6 cm³/mol. The third-order valence-electron chi connectivity index (χ3n) is 2.74. The highest BCUT2D eigenvalue weighted by atomic mass is 16.5. The Bertz CT molecular complexity index is 457. The van der Waals surface area contributed by atoms with Crippen LogP contribution in [0.2, 0.25) is 0 Å². The van der Waals surface area contributed by atoms with Gasteiger partial charge < -0.3 is 4.74 Å². The standard InChI is InChI=1S/C15H15O/c1-3-12-6-4-5-7-15(12)13-8-10-14(16-2)11-9-13/h4,6-11H,3H2,1-2H3. The first-order chi connectivity index (χ1) is 7.85. The monoisotopic (exact) mass is 211 g/mol. The summed E-state index contributed by atoms with van der Waals surface area (Å²) in [6, 6.07) is 17.4. The number of benzene rings is 2. The van der Waals surface area contributed by atoms with Gasteiger partial charge in [-0.2, -0.15) is 0 Å². The predicted octanol–water partition coefficient (Wildman–Crippen LogP) is 3.72. The van der Waals surface area contributed by atoms with Crippen molar-refractivity contribution in [3.8, 4) is 16.9 Å². The van der Waals surface area contributed by atoms with Crippen molar-refractivity contribution in [2.75, 3.05) is 7.11 Å². The molecule has 16 heavy (non-hydrogen) atoms. The van der Waals surface area contributed by atoms with E-state index in [2.05, 4.69) is 31.2 Å². The lowest BCUT2D eigenvalue weighted by Crippen LogP contribution is -1.87. The van der Waals surface area contributed by atoms with Crippen LogP contribution in [0.5, 0.6) is 5.75 Å². The van der Waals surface area contributed by atoms with E-state index in [0.717, 1.165) is 12.2 Å². The van der Waals surface area contributed by atoms with Gasteiger partial charge in [-0.3, -0.25) is 0 Å². The highest BCUT2D eigenvalue weighted by Crippen LogP contribution is 2.25. The summed E-state index contributed by atoms with van der Waals surface area (Å²) in [7, 11) is 1.68. The van der Waals surface area contributed by atoms with E-state index >= 15 is 0 Å². The SMILES string of the molecule is CCc1cc[c]cc1-c1ccc(OC)cc1. The van der Waals surface area contributed by atoms with E-state index in [1.807, 2.05) is 24.3 Å². The fourth-order valence-electron chi connectivity index (χ4n) is 1.81. The average Bonchev–Trinajstić information content (AvgIpc) is 2.39. The third-order valence-corrected chi connectivity index (χ3v) is 2.74. The molecule has 0 aliphatic heterocycles. The van der Waals surface area contributed by atoms with Crippen LogP contribution in [0.15, 0.2) is 42.5 Å². The van der Waals surface area contributed by atoms with Gasteiger partial charge in [-0.05, 0) is 47.4 Å². The molecule has 0 heterocycles. The van der Waals surface area contributed by atoms with E-state index in [1.165, 1.54) is 16.7 Å². The molecule has 0 saturated heterocycles. The first-order valence-corrected chi connectivity index (χ1v) is 5.48. The molecular weight excluding hydrogens is 196 g/mol. The summed E-state index contributed by atoms with van der Waals surface area (Å²) in [5, 5.41) is 0. The van der Waals surface area contributed by atoms with E-state index in [-0.39, 0.29) is 0 Å². The molecule has 0 aromatic heterocycles. The zero-order chi connectivity index (χ0) is 11.4. The van der Waals surface area contributed by atoms with Crippen LogP contribution < -0.4 is 4.74 Å². The number of rotatable bonds is 3. The smallest absolute Gasteiger partial charge is 0.118 e. The quantitative estimate of drug-likeness (QED) is 0.751. The highest BCUT2D eigenvalue weighted by molar-refractivity contribution is 5.67. The van der Waals surface area contributed by atoms with Gasteiger partial charge >= 0.3 is 0 Å². The lowest BCUT2D eigenvalue weighted by Gasteiger charge is -2.08. The Morgan fingerprint density at radius 2 is 1.88 bits per heavy atom. The largest absolute Gasteiger partial charge is 0.497 e. The van der Waals surface area contributed by atoms with Crippen LogP contribution in [0.1, 0.15) is 12.5 Å². The second-order valence-corrected chi connectivity index (χ2v) is 3.67. The summed E-state index contributed by atoms with van der Waals surface area (Å²) >= 11 is 0.